The van der Waals surface area contributed by atoms with Gasteiger partial charge in [0.2, 0.25) is 5.91 Å². The largest absolute Gasteiger partial charge is 0.467 e. The van der Waals surface area contributed by atoms with Crippen LogP contribution in [0.25, 0.3) is 0 Å². The standard InChI is InChI=1S/C36H57N3O3/c1-35-20-18-31-29(15-13-27-24-28(38-22-8-21-37)17-19-36(27,31)2)30(35)16-14-26(35)11-7-12-33(40)39-32(34(41)42-3)23-25-9-5-4-6-10-25/h4-6,9-10,26-32,38H,7-8,11-24,37H2,1-3H3,(H,39,40). The first-order valence-corrected chi connectivity index (χ1v) is 17.1. The Morgan fingerprint density at radius 3 is 2.50 bits per heavy atom. The lowest BCUT2D eigenvalue weighted by atomic mass is 9.44. The number of ether oxygens (including phenoxy) is 1. The third-order valence-electron chi connectivity index (χ3n) is 12.7. The first kappa shape index (κ1) is 31.5. The van der Waals surface area contributed by atoms with E-state index in [1.54, 1.807) is 0 Å². The van der Waals surface area contributed by atoms with E-state index >= 15 is 0 Å². The SMILES string of the molecule is COC(=O)C(Cc1ccccc1)NC(=O)CCCC1CCC2C3CCC4CC(NCCCN)CCC4(C)C3CCC12C. The van der Waals surface area contributed by atoms with Crippen LogP contribution in [0.2, 0.25) is 0 Å². The molecule has 6 nitrogen and oxygen atoms in total. The van der Waals surface area contributed by atoms with Crippen LogP contribution < -0.4 is 16.4 Å². The first-order valence-electron chi connectivity index (χ1n) is 17.1. The highest BCUT2D eigenvalue weighted by atomic mass is 16.5. The molecule has 1 aromatic rings. The Kier molecular flexibility index (Phi) is 10.4. The van der Waals surface area contributed by atoms with Crippen LogP contribution in [0.1, 0.15) is 103 Å². The maximum Gasteiger partial charge on any atom is 0.328 e. The summed E-state index contributed by atoms with van der Waals surface area (Å²) < 4.78 is 4.99. The molecule has 4 saturated carbocycles. The van der Waals surface area contributed by atoms with Crippen molar-refractivity contribution in [3.63, 3.8) is 0 Å². The van der Waals surface area contributed by atoms with Gasteiger partial charge in [-0.1, -0.05) is 44.2 Å². The predicted molar refractivity (Wildman–Crippen MR) is 169 cm³/mol. The number of methoxy groups -OCH3 is 1. The van der Waals surface area contributed by atoms with Crippen LogP contribution in [-0.4, -0.2) is 44.2 Å². The number of hydrogen-bond acceptors (Lipinski definition) is 5. The van der Waals surface area contributed by atoms with Gasteiger partial charge in [0.1, 0.15) is 6.04 Å². The minimum Gasteiger partial charge on any atom is -0.467 e. The van der Waals surface area contributed by atoms with E-state index in [-0.39, 0.29) is 11.9 Å². The number of rotatable bonds is 12. The van der Waals surface area contributed by atoms with E-state index in [0.717, 1.165) is 61.6 Å². The maximum absolute atomic E-state index is 12.9. The van der Waals surface area contributed by atoms with E-state index in [0.29, 0.717) is 35.6 Å². The topological polar surface area (TPSA) is 93.4 Å². The van der Waals surface area contributed by atoms with E-state index in [2.05, 4.69) is 24.5 Å². The van der Waals surface area contributed by atoms with Crippen molar-refractivity contribution in [2.75, 3.05) is 20.2 Å². The van der Waals surface area contributed by atoms with E-state index in [1.165, 1.54) is 64.9 Å². The lowest BCUT2D eigenvalue weighted by Crippen LogP contribution is -2.55. The van der Waals surface area contributed by atoms with Gasteiger partial charge in [-0.2, -0.15) is 0 Å². The van der Waals surface area contributed by atoms with Crippen molar-refractivity contribution >= 4 is 11.9 Å². The van der Waals surface area contributed by atoms with Gasteiger partial charge in [-0.15, -0.1) is 0 Å². The summed E-state index contributed by atoms with van der Waals surface area (Å²) in [6.07, 6.45) is 16.4. The van der Waals surface area contributed by atoms with Crippen molar-refractivity contribution in [1.29, 1.82) is 0 Å². The monoisotopic (exact) mass is 579 g/mol. The molecule has 0 saturated heterocycles. The average Bonchev–Trinajstić information content (AvgIpc) is 3.33. The Bertz CT molecular complexity index is 1050. The molecule has 4 aliphatic carbocycles. The molecule has 234 valence electrons. The van der Waals surface area contributed by atoms with Gasteiger partial charge >= 0.3 is 5.97 Å². The molecule has 9 atom stereocenters. The minimum absolute atomic E-state index is 0.0379. The molecule has 42 heavy (non-hydrogen) atoms. The van der Waals surface area contributed by atoms with Crippen LogP contribution in [-0.2, 0) is 20.7 Å². The highest BCUT2D eigenvalue weighted by molar-refractivity contribution is 5.84. The number of nitrogens with two attached hydrogens (primary N) is 1. The molecule has 0 spiro atoms. The first-order chi connectivity index (χ1) is 20.3. The Morgan fingerprint density at radius 1 is 0.976 bits per heavy atom. The van der Waals surface area contributed by atoms with Crippen molar-refractivity contribution in [1.82, 2.24) is 10.6 Å². The molecule has 4 N–H and O–H groups in total. The number of fused-ring (bicyclic) bond motifs is 5. The molecule has 0 bridgehead atoms. The molecule has 9 unspecified atom stereocenters. The molecule has 0 radical (unpaired) electrons. The quantitative estimate of drug-likeness (QED) is 0.208. The lowest BCUT2D eigenvalue weighted by Gasteiger charge is -2.61. The highest BCUT2D eigenvalue weighted by Crippen LogP contribution is 2.67. The second kappa shape index (κ2) is 13.8. The fourth-order valence-corrected chi connectivity index (χ4v) is 10.4. The van der Waals surface area contributed by atoms with Crippen LogP contribution in [0.5, 0.6) is 0 Å². The highest BCUT2D eigenvalue weighted by Gasteiger charge is 2.59. The number of esters is 1. The summed E-state index contributed by atoms with van der Waals surface area (Å²) in [5.41, 5.74) is 7.68. The molecule has 1 amide bonds. The van der Waals surface area contributed by atoms with Crippen LogP contribution in [0.4, 0.5) is 0 Å². The smallest absolute Gasteiger partial charge is 0.328 e. The van der Waals surface area contributed by atoms with E-state index in [1.807, 2.05) is 30.3 Å². The van der Waals surface area contributed by atoms with Crippen molar-refractivity contribution in [2.24, 2.45) is 46.2 Å². The summed E-state index contributed by atoms with van der Waals surface area (Å²) >= 11 is 0. The van der Waals surface area contributed by atoms with Crippen molar-refractivity contribution in [3.8, 4) is 0 Å². The Balaban J connectivity index is 1.12. The van der Waals surface area contributed by atoms with Gasteiger partial charge in [-0.05, 0) is 136 Å². The van der Waals surface area contributed by atoms with Gasteiger partial charge in [0.05, 0.1) is 7.11 Å². The molecular weight excluding hydrogens is 522 g/mol. The molecule has 0 aliphatic heterocycles. The molecule has 6 heteroatoms. The summed E-state index contributed by atoms with van der Waals surface area (Å²) in [6.45, 7) is 7.12. The van der Waals surface area contributed by atoms with Gasteiger partial charge in [0.15, 0.2) is 0 Å². The third-order valence-corrected chi connectivity index (χ3v) is 12.7. The zero-order chi connectivity index (χ0) is 29.7. The fourth-order valence-electron chi connectivity index (χ4n) is 10.4. The van der Waals surface area contributed by atoms with Crippen molar-refractivity contribution in [2.45, 2.75) is 116 Å². The minimum atomic E-state index is -0.637. The summed E-state index contributed by atoms with van der Waals surface area (Å²) in [5.74, 6) is 3.80. The Morgan fingerprint density at radius 2 is 1.74 bits per heavy atom. The van der Waals surface area contributed by atoms with Crippen molar-refractivity contribution in [3.05, 3.63) is 35.9 Å². The normalized spacial score (nSPS) is 36.3. The second-order valence-electron chi connectivity index (χ2n) is 14.8. The molecule has 5 rings (SSSR count). The van der Waals surface area contributed by atoms with Gasteiger partial charge in [0.25, 0.3) is 0 Å². The summed E-state index contributed by atoms with van der Waals surface area (Å²) in [7, 11) is 1.39. The average molecular weight is 580 g/mol. The third kappa shape index (κ3) is 6.60. The lowest BCUT2D eigenvalue weighted by molar-refractivity contribution is -0.145. The van der Waals surface area contributed by atoms with E-state index < -0.39 is 6.04 Å². The number of carbonyl (C=O) groups is 2. The number of benzene rings is 1. The fraction of sp³-hybridized carbons (Fsp3) is 0.778. The summed E-state index contributed by atoms with van der Waals surface area (Å²) in [5, 5.41) is 6.79. The number of carbonyl (C=O) groups excluding carboxylic acids is 2. The van der Waals surface area contributed by atoms with Crippen LogP contribution >= 0.6 is 0 Å². The zero-order valence-corrected chi connectivity index (χ0v) is 26.5. The summed E-state index contributed by atoms with van der Waals surface area (Å²) in [4.78, 5) is 25.3. The van der Waals surface area contributed by atoms with E-state index in [4.69, 9.17) is 10.5 Å². The van der Waals surface area contributed by atoms with Gasteiger partial charge in [0, 0.05) is 18.9 Å². The van der Waals surface area contributed by atoms with Gasteiger partial charge < -0.3 is 21.1 Å². The Labute approximate surface area is 254 Å². The van der Waals surface area contributed by atoms with E-state index in [9.17, 15) is 9.59 Å². The molecular formula is C36H57N3O3. The van der Waals surface area contributed by atoms with Gasteiger partial charge in [-0.25, -0.2) is 4.79 Å². The maximum atomic E-state index is 12.9. The Hall–Kier alpha value is -1.92. The van der Waals surface area contributed by atoms with Crippen LogP contribution in [0.3, 0.4) is 0 Å². The summed E-state index contributed by atoms with van der Waals surface area (Å²) in [6, 6.07) is 9.87. The molecule has 1 aromatic carbocycles. The van der Waals surface area contributed by atoms with Crippen LogP contribution in [0.15, 0.2) is 30.3 Å². The number of hydrogen-bond donors (Lipinski definition) is 3. The number of nitrogens with one attached hydrogen (secondary N) is 2. The van der Waals surface area contributed by atoms with Crippen LogP contribution in [0, 0.1) is 40.4 Å². The van der Waals surface area contributed by atoms with Gasteiger partial charge in [-0.3, -0.25) is 4.79 Å². The zero-order valence-electron chi connectivity index (χ0n) is 26.5. The predicted octanol–water partition coefficient (Wildman–Crippen LogP) is 6.02. The number of amides is 1. The van der Waals surface area contributed by atoms with Crippen molar-refractivity contribution < 1.29 is 14.3 Å². The molecule has 4 fully saturated rings. The molecule has 4 aliphatic rings. The molecule has 0 heterocycles. The molecule has 0 aromatic heterocycles. The second-order valence-corrected chi connectivity index (χ2v) is 14.8.